The number of pyridine rings is 1. The minimum atomic E-state index is 0.425. The van der Waals surface area contributed by atoms with Gasteiger partial charge in [-0.05, 0) is 17.7 Å². The van der Waals surface area contributed by atoms with Gasteiger partial charge < -0.3 is 0 Å². The van der Waals surface area contributed by atoms with Gasteiger partial charge in [0.2, 0.25) is 0 Å². The summed E-state index contributed by atoms with van der Waals surface area (Å²) in [5.74, 6) is 5.82. The third-order valence-electron chi connectivity index (χ3n) is 1.31. The van der Waals surface area contributed by atoms with E-state index in [1.807, 2.05) is 12.1 Å². The fourth-order valence-corrected chi connectivity index (χ4v) is 0.750. The maximum Gasteiger partial charge on any atom is 0.0367 e. The molecule has 0 radical (unpaired) electrons. The summed E-state index contributed by atoms with van der Waals surface area (Å²) in [6.45, 7) is 0.425. The van der Waals surface area contributed by atoms with E-state index in [2.05, 4.69) is 26.9 Å². The summed E-state index contributed by atoms with van der Waals surface area (Å²) in [6.07, 6.45) is 3.97. The van der Waals surface area contributed by atoms with Crippen LogP contribution >= 0.6 is 0 Å². The predicted octanol–water partition coefficient (Wildman–Crippen LogP) is 2.13. The van der Waals surface area contributed by atoms with E-state index in [-0.39, 0.29) is 0 Å². The number of azide groups is 1. The van der Waals surface area contributed by atoms with Crippen molar-refractivity contribution >= 4 is 0 Å². The van der Waals surface area contributed by atoms with Crippen LogP contribution in [-0.4, -0.2) is 11.5 Å². The van der Waals surface area contributed by atoms with Gasteiger partial charge in [0, 0.05) is 35.8 Å². The van der Waals surface area contributed by atoms with Gasteiger partial charge in [0.15, 0.2) is 0 Å². The van der Waals surface area contributed by atoms with E-state index in [0.717, 1.165) is 5.56 Å². The van der Waals surface area contributed by atoms with Crippen LogP contribution in [0.3, 0.4) is 0 Å². The molecule has 1 aromatic heterocycles. The van der Waals surface area contributed by atoms with E-state index in [1.165, 1.54) is 0 Å². The smallest absolute Gasteiger partial charge is 0.0367 e. The van der Waals surface area contributed by atoms with Gasteiger partial charge in [-0.25, -0.2) is 0 Å². The van der Waals surface area contributed by atoms with Crippen LogP contribution in [0.5, 0.6) is 0 Å². The molecule has 0 bridgehead atoms. The molecule has 0 aliphatic heterocycles. The van der Waals surface area contributed by atoms with Gasteiger partial charge in [-0.3, -0.25) is 4.98 Å². The second-order valence-corrected chi connectivity index (χ2v) is 2.24. The second-order valence-electron chi connectivity index (χ2n) is 2.24. The van der Waals surface area contributed by atoms with Crippen LogP contribution in [0.4, 0.5) is 0 Å². The van der Waals surface area contributed by atoms with E-state index in [9.17, 15) is 0 Å². The highest BCUT2D eigenvalue weighted by Crippen LogP contribution is 1.92. The monoisotopic (exact) mass is 172 g/mol. The van der Waals surface area contributed by atoms with Gasteiger partial charge in [0.25, 0.3) is 0 Å². The van der Waals surface area contributed by atoms with E-state index in [0.29, 0.717) is 13.0 Å². The lowest BCUT2D eigenvalue weighted by Crippen LogP contribution is -1.76. The van der Waals surface area contributed by atoms with Crippen LogP contribution in [0.15, 0.2) is 29.6 Å². The number of aromatic nitrogens is 1. The van der Waals surface area contributed by atoms with E-state index >= 15 is 0 Å². The van der Waals surface area contributed by atoms with Crippen molar-refractivity contribution in [2.75, 3.05) is 6.54 Å². The Labute approximate surface area is 76.2 Å². The molecule has 0 N–H and O–H groups in total. The molecule has 0 amide bonds. The quantitative estimate of drug-likeness (QED) is 0.221. The Morgan fingerprint density at radius 1 is 1.46 bits per heavy atom. The number of hydrogen-bond acceptors (Lipinski definition) is 2. The SMILES string of the molecule is [N-]=[N+]=NCCC#Cc1ccncc1. The van der Waals surface area contributed by atoms with Crippen molar-refractivity contribution in [1.29, 1.82) is 0 Å². The fraction of sp³-hybridized carbons (Fsp3) is 0.222. The van der Waals surface area contributed by atoms with Crippen LogP contribution in [0, 0.1) is 11.8 Å². The zero-order valence-electron chi connectivity index (χ0n) is 7.01. The van der Waals surface area contributed by atoms with Gasteiger partial charge in [-0.15, -0.1) is 0 Å². The fourth-order valence-electron chi connectivity index (χ4n) is 0.750. The summed E-state index contributed by atoms with van der Waals surface area (Å²) in [7, 11) is 0. The number of nitrogens with zero attached hydrogens (tertiary/aromatic N) is 4. The van der Waals surface area contributed by atoms with Gasteiger partial charge in [0.1, 0.15) is 0 Å². The van der Waals surface area contributed by atoms with Crippen molar-refractivity contribution in [1.82, 2.24) is 4.98 Å². The zero-order chi connectivity index (χ0) is 9.36. The lowest BCUT2D eigenvalue weighted by atomic mass is 10.2. The molecule has 0 fully saturated rings. The first kappa shape index (κ1) is 9.11. The molecule has 0 unspecified atom stereocenters. The van der Waals surface area contributed by atoms with Crippen LogP contribution in [0.2, 0.25) is 0 Å². The highest BCUT2D eigenvalue weighted by Gasteiger charge is 1.81. The van der Waals surface area contributed by atoms with Crippen molar-refractivity contribution in [3.63, 3.8) is 0 Å². The van der Waals surface area contributed by atoms with E-state index in [4.69, 9.17) is 5.53 Å². The minimum absolute atomic E-state index is 0.425. The molecular weight excluding hydrogens is 164 g/mol. The Morgan fingerprint density at radius 3 is 2.92 bits per heavy atom. The van der Waals surface area contributed by atoms with Gasteiger partial charge in [0.05, 0.1) is 0 Å². The minimum Gasteiger partial charge on any atom is -0.265 e. The highest BCUT2D eigenvalue weighted by atomic mass is 15.1. The molecule has 4 nitrogen and oxygen atoms in total. The van der Waals surface area contributed by atoms with E-state index < -0.39 is 0 Å². The van der Waals surface area contributed by atoms with Gasteiger partial charge >= 0.3 is 0 Å². The average molecular weight is 172 g/mol. The zero-order valence-corrected chi connectivity index (χ0v) is 7.01. The molecule has 13 heavy (non-hydrogen) atoms. The van der Waals surface area contributed by atoms with Crippen LogP contribution in [0.25, 0.3) is 10.4 Å². The summed E-state index contributed by atoms with van der Waals surface area (Å²) in [6, 6.07) is 3.67. The summed E-state index contributed by atoms with van der Waals surface area (Å²) >= 11 is 0. The first-order chi connectivity index (χ1) is 6.43. The summed E-state index contributed by atoms with van der Waals surface area (Å²) in [5, 5.41) is 3.37. The molecule has 0 saturated carbocycles. The Bertz CT molecular complexity index is 354. The van der Waals surface area contributed by atoms with Gasteiger partial charge in [-0.1, -0.05) is 17.0 Å². The normalized spacial score (nSPS) is 8.00. The first-order valence-electron chi connectivity index (χ1n) is 3.83. The lowest BCUT2D eigenvalue weighted by molar-refractivity contribution is 1.01. The van der Waals surface area contributed by atoms with Crippen molar-refractivity contribution < 1.29 is 0 Å². The molecular formula is C9H8N4. The Morgan fingerprint density at radius 2 is 2.23 bits per heavy atom. The molecule has 0 atom stereocenters. The second kappa shape index (κ2) is 5.64. The summed E-state index contributed by atoms with van der Waals surface area (Å²) < 4.78 is 0. The maximum absolute atomic E-state index is 7.98. The van der Waals surface area contributed by atoms with Crippen molar-refractivity contribution in [3.8, 4) is 11.8 Å². The molecule has 1 aromatic rings. The van der Waals surface area contributed by atoms with Crippen LogP contribution in [-0.2, 0) is 0 Å². The highest BCUT2D eigenvalue weighted by molar-refractivity contribution is 5.31. The first-order valence-corrected chi connectivity index (χ1v) is 3.83. The number of hydrogen-bond donors (Lipinski definition) is 0. The Balaban J connectivity index is 2.44. The van der Waals surface area contributed by atoms with Crippen molar-refractivity contribution in [3.05, 3.63) is 40.5 Å². The average Bonchev–Trinajstić information content (AvgIpc) is 2.19. The predicted molar refractivity (Wildman–Crippen MR) is 49.7 cm³/mol. The molecule has 0 spiro atoms. The van der Waals surface area contributed by atoms with Crippen molar-refractivity contribution in [2.24, 2.45) is 5.11 Å². The molecule has 1 rings (SSSR count). The Kier molecular flexibility index (Phi) is 3.95. The summed E-state index contributed by atoms with van der Waals surface area (Å²) in [5.41, 5.74) is 8.91. The van der Waals surface area contributed by atoms with Crippen LogP contribution in [0.1, 0.15) is 12.0 Å². The molecule has 0 saturated heterocycles. The van der Waals surface area contributed by atoms with Crippen molar-refractivity contribution in [2.45, 2.75) is 6.42 Å². The molecule has 64 valence electrons. The standard InChI is InChI=1S/C9H8N4/c10-13-12-6-2-1-3-9-4-7-11-8-5-9/h4-5,7-8H,2,6H2. The third kappa shape index (κ3) is 3.80. The molecule has 1 heterocycles. The maximum atomic E-state index is 7.98. The molecule has 0 aliphatic rings. The molecule has 4 heteroatoms. The number of rotatable bonds is 2. The van der Waals surface area contributed by atoms with E-state index in [1.54, 1.807) is 12.4 Å². The molecule has 0 aliphatic carbocycles. The van der Waals surface area contributed by atoms with Crippen LogP contribution < -0.4 is 0 Å². The third-order valence-corrected chi connectivity index (χ3v) is 1.31. The Hall–Kier alpha value is -1.98. The lowest BCUT2D eigenvalue weighted by Gasteiger charge is -1.85. The molecule has 0 aromatic carbocycles. The largest absolute Gasteiger partial charge is 0.265 e. The van der Waals surface area contributed by atoms with Gasteiger partial charge in [-0.2, -0.15) is 0 Å². The topological polar surface area (TPSA) is 61.7 Å². The summed E-state index contributed by atoms with van der Waals surface area (Å²) in [4.78, 5) is 6.50.